The van der Waals surface area contributed by atoms with E-state index in [9.17, 15) is 9.59 Å². The Kier molecular flexibility index (Phi) is 11.7. The molecule has 0 aliphatic carbocycles. The average molecular weight is 677 g/mol. The average Bonchev–Trinajstić information content (AvgIpc) is 3.58. The predicted octanol–water partition coefficient (Wildman–Crippen LogP) is 7.14. The molecule has 0 aliphatic rings. The van der Waals surface area contributed by atoms with Crippen molar-refractivity contribution in [3.63, 3.8) is 0 Å². The van der Waals surface area contributed by atoms with E-state index in [1.54, 1.807) is 29.8 Å². The van der Waals surface area contributed by atoms with Gasteiger partial charge in [0.25, 0.3) is 0 Å². The van der Waals surface area contributed by atoms with Crippen LogP contribution in [0.4, 0.5) is 5.82 Å². The number of ether oxygens (including phenoxy) is 3. The maximum atomic E-state index is 11.4. The summed E-state index contributed by atoms with van der Waals surface area (Å²) in [4.78, 5) is 44.2. The minimum absolute atomic E-state index is 0.250. The number of halogens is 2. The van der Waals surface area contributed by atoms with Crippen LogP contribution < -0.4 is 10.1 Å². The topological polar surface area (TPSA) is 125 Å². The summed E-state index contributed by atoms with van der Waals surface area (Å²) in [6.07, 6.45) is 1.39. The third kappa shape index (κ3) is 8.75. The monoisotopic (exact) mass is 675 g/mol. The Labute approximate surface area is 272 Å². The number of carbonyl (C=O) groups excluding carboxylic acids is 2. The number of hydrogen-bond acceptors (Lipinski definition) is 12. The summed E-state index contributed by atoms with van der Waals surface area (Å²) in [6.45, 7) is 4.59. The Balaban J connectivity index is 0.000000223. The van der Waals surface area contributed by atoms with Crippen LogP contribution in [-0.2, 0) is 38.4 Å². The number of aryl methyl sites for hydroxylation is 4. The molecule has 0 spiro atoms. The molecule has 0 bridgehead atoms. The molecule has 0 radical (unpaired) electrons. The van der Waals surface area contributed by atoms with Crippen LogP contribution in [0.2, 0.25) is 10.2 Å². The van der Waals surface area contributed by atoms with E-state index < -0.39 is 0 Å². The van der Waals surface area contributed by atoms with E-state index in [1.165, 1.54) is 14.2 Å². The Morgan fingerprint density at radius 3 is 1.93 bits per heavy atom. The van der Waals surface area contributed by atoms with Gasteiger partial charge in [-0.1, -0.05) is 29.3 Å². The van der Waals surface area contributed by atoms with Gasteiger partial charge in [-0.15, -0.1) is 22.7 Å². The number of nitrogens with zero attached hydrogens (tertiary/aromatic N) is 4. The van der Waals surface area contributed by atoms with Gasteiger partial charge in [-0.2, -0.15) is 0 Å². The fraction of sp³-hybridized carbons (Fsp3) is 0.333. The first-order valence-corrected chi connectivity index (χ1v) is 15.9. The first-order chi connectivity index (χ1) is 21.1. The van der Waals surface area contributed by atoms with Crippen molar-refractivity contribution in [3.8, 4) is 5.75 Å². The Morgan fingerprint density at radius 2 is 1.36 bits per heavy atom. The second-order valence-corrected chi connectivity index (χ2v) is 12.8. The van der Waals surface area contributed by atoms with Crippen molar-refractivity contribution in [2.75, 3.05) is 26.6 Å². The van der Waals surface area contributed by atoms with Gasteiger partial charge in [-0.05, 0) is 43.7 Å². The van der Waals surface area contributed by atoms with Crippen LogP contribution in [0.5, 0.6) is 5.75 Å². The number of fused-ring (bicyclic) bond motifs is 2. The van der Waals surface area contributed by atoms with Crippen molar-refractivity contribution in [2.45, 2.75) is 46.1 Å². The van der Waals surface area contributed by atoms with Gasteiger partial charge in [0.15, 0.2) is 0 Å². The molecule has 0 amide bonds. The fourth-order valence-corrected chi connectivity index (χ4v) is 6.51. The molecule has 0 atom stereocenters. The summed E-state index contributed by atoms with van der Waals surface area (Å²) in [5, 5.41) is 6.21. The summed E-state index contributed by atoms with van der Waals surface area (Å²) in [5.74, 6) is 2.04. The zero-order valence-corrected chi connectivity index (χ0v) is 28.0. The standard InChI is InChI=1S/C19H20ClN3O3S.C11H11ClN2O2S/c1-11-8-13-18(21-10-12-4-5-15(25-2)14(20)9-12)22-16(23-19(13)27-11)6-7-17(24)26-3;1-6-5-7-10(12)13-8(14-11(7)17-6)3-4-9(15)16-2/h4-5,8-9H,6-7,10H2,1-3H3,(H,21,22,23);5H,3-4H2,1-2H3. The molecule has 1 aromatic carbocycles. The molecule has 14 heteroatoms. The molecule has 0 unspecified atom stereocenters. The quantitative estimate of drug-likeness (QED) is 0.121. The molecule has 5 aromatic rings. The molecule has 232 valence electrons. The van der Waals surface area contributed by atoms with E-state index >= 15 is 0 Å². The van der Waals surface area contributed by atoms with E-state index in [0.717, 1.165) is 41.6 Å². The summed E-state index contributed by atoms with van der Waals surface area (Å²) in [6, 6.07) is 9.68. The molecule has 0 saturated heterocycles. The van der Waals surface area contributed by atoms with Crippen molar-refractivity contribution in [1.82, 2.24) is 19.9 Å². The minimum atomic E-state index is -0.275. The molecular formula is C30H31Cl2N5O5S2. The highest BCUT2D eigenvalue weighted by Crippen LogP contribution is 2.31. The third-order valence-electron chi connectivity index (χ3n) is 6.31. The number of esters is 2. The van der Waals surface area contributed by atoms with Crippen molar-refractivity contribution in [1.29, 1.82) is 0 Å². The van der Waals surface area contributed by atoms with Gasteiger partial charge in [-0.25, -0.2) is 19.9 Å². The maximum absolute atomic E-state index is 11.4. The highest BCUT2D eigenvalue weighted by atomic mass is 35.5. The van der Waals surface area contributed by atoms with Crippen LogP contribution in [0, 0.1) is 13.8 Å². The highest BCUT2D eigenvalue weighted by Gasteiger charge is 2.13. The number of hydrogen-bond donors (Lipinski definition) is 1. The molecule has 0 aliphatic heterocycles. The van der Waals surface area contributed by atoms with Gasteiger partial charge in [0.05, 0.1) is 44.6 Å². The lowest BCUT2D eigenvalue weighted by Gasteiger charge is -2.10. The van der Waals surface area contributed by atoms with Gasteiger partial charge >= 0.3 is 11.9 Å². The number of anilines is 1. The summed E-state index contributed by atoms with van der Waals surface area (Å²) >= 11 is 15.4. The van der Waals surface area contributed by atoms with Gasteiger partial charge in [0.2, 0.25) is 0 Å². The zero-order valence-electron chi connectivity index (χ0n) is 24.8. The first kappa shape index (κ1) is 33.3. The number of aromatic nitrogens is 4. The number of rotatable bonds is 10. The van der Waals surface area contributed by atoms with Crippen molar-refractivity contribution < 1.29 is 23.8 Å². The normalized spacial score (nSPS) is 10.8. The number of methoxy groups -OCH3 is 3. The predicted molar refractivity (Wildman–Crippen MR) is 175 cm³/mol. The molecule has 0 saturated carbocycles. The lowest BCUT2D eigenvalue weighted by Crippen LogP contribution is -2.07. The van der Waals surface area contributed by atoms with Crippen LogP contribution in [0.1, 0.15) is 39.8 Å². The van der Waals surface area contributed by atoms with E-state index in [0.29, 0.717) is 47.0 Å². The molecule has 44 heavy (non-hydrogen) atoms. The largest absolute Gasteiger partial charge is 0.495 e. The van der Waals surface area contributed by atoms with Crippen LogP contribution in [0.3, 0.4) is 0 Å². The molecular weight excluding hydrogens is 645 g/mol. The minimum Gasteiger partial charge on any atom is -0.495 e. The number of nitrogens with one attached hydrogen (secondary N) is 1. The summed E-state index contributed by atoms with van der Waals surface area (Å²) < 4.78 is 14.5. The van der Waals surface area contributed by atoms with E-state index in [1.807, 2.05) is 38.1 Å². The Hall–Kier alpha value is -3.58. The van der Waals surface area contributed by atoms with Gasteiger partial charge in [-0.3, -0.25) is 9.59 Å². The third-order valence-corrected chi connectivity index (χ3v) is 8.79. The molecule has 0 fully saturated rings. The second kappa shape index (κ2) is 15.4. The highest BCUT2D eigenvalue weighted by molar-refractivity contribution is 7.19. The van der Waals surface area contributed by atoms with Crippen molar-refractivity contribution >= 4 is 84.1 Å². The molecule has 1 N–H and O–H groups in total. The number of carbonyl (C=O) groups is 2. The lowest BCUT2D eigenvalue weighted by atomic mass is 10.2. The molecule has 10 nitrogen and oxygen atoms in total. The molecule has 4 aromatic heterocycles. The Bertz CT molecular complexity index is 1790. The van der Waals surface area contributed by atoms with Gasteiger partial charge in [0, 0.05) is 34.5 Å². The zero-order chi connectivity index (χ0) is 31.8. The smallest absolute Gasteiger partial charge is 0.305 e. The molecule has 4 heterocycles. The Morgan fingerprint density at radius 1 is 0.795 bits per heavy atom. The van der Waals surface area contributed by atoms with Crippen molar-refractivity contribution in [3.05, 3.63) is 67.5 Å². The van der Waals surface area contributed by atoms with Crippen molar-refractivity contribution in [2.24, 2.45) is 0 Å². The van der Waals surface area contributed by atoms with E-state index in [4.69, 9.17) is 32.7 Å². The van der Waals surface area contributed by atoms with Crippen LogP contribution in [0.15, 0.2) is 30.3 Å². The number of thiophene rings is 2. The SMILES string of the molecule is COC(=O)CCc1nc(Cl)c2cc(C)sc2n1.COC(=O)CCc1nc(NCc2ccc(OC)c(Cl)c2)c2cc(C)sc2n1. The molecule has 5 rings (SSSR count). The van der Waals surface area contributed by atoms with Crippen LogP contribution in [0.25, 0.3) is 20.4 Å². The fourth-order valence-electron chi connectivity index (χ4n) is 4.13. The van der Waals surface area contributed by atoms with Gasteiger partial charge in [0.1, 0.15) is 38.0 Å². The van der Waals surface area contributed by atoms with E-state index in [-0.39, 0.29) is 24.8 Å². The van der Waals surface area contributed by atoms with E-state index in [2.05, 4.69) is 36.1 Å². The summed E-state index contributed by atoms with van der Waals surface area (Å²) in [7, 11) is 4.33. The summed E-state index contributed by atoms with van der Waals surface area (Å²) in [5.41, 5.74) is 1.01. The second-order valence-electron chi connectivity index (χ2n) is 9.55. The van der Waals surface area contributed by atoms with Gasteiger partial charge < -0.3 is 19.5 Å². The first-order valence-electron chi connectivity index (χ1n) is 13.5. The number of benzene rings is 1. The van der Waals surface area contributed by atoms with Crippen LogP contribution >= 0.6 is 45.9 Å². The maximum Gasteiger partial charge on any atom is 0.305 e. The lowest BCUT2D eigenvalue weighted by molar-refractivity contribution is -0.141. The van der Waals surface area contributed by atoms with Crippen LogP contribution in [-0.4, -0.2) is 53.2 Å².